The average Bonchev–Trinajstić information content (AvgIpc) is 2.46. The fraction of sp³-hybridized carbons (Fsp3) is 0.588. The molecular weight excluding hydrogens is 284 g/mol. The molecule has 0 spiro atoms. The van der Waals surface area contributed by atoms with Gasteiger partial charge in [-0.05, 0) is 37.2 Å². The van der Waals surface area contributed by atoms with Crippen LogP contribution in [0.2, 0.25) is 0 Å². The molecule has 21 heavy (non-hydrogen) atoms. The summed E-state index contributed by atoms with van der Waals surface area (Å²) >= 11 is 0. The van der Waals surface area contributed by atoms with Crippen molar-refractivity contribution in [1.29, 1.82) is 0 Å². The van der Waals surface area contributed by atoms with Crippen molar-refractivity contribution in [2.24, 2.45) is 17.6 Å². The summed E-state index contributed by atoms with van der Waals surface area (Å²) in [7, 11) is 0. The van der Waals surface area contributed by atoms with Crippen molar-refractivity contribution in [2.45, 2.75) is 45.6 Å². The lowest BCUT2D eigenvalue weighted by atomic mass is 9.83. The number of hydrogen-bond donors (Lipinski definition) is 2. The van der Waals surface area contributed by atoms with E-state index in [1.165, 1.54) is 31.2 Å². The molecule has 0 saturated heterocycles. The van der Waals surface area contributed by atoms with E-state index >= 15 is 0 Å². The highest BCUT2D eigenvalue weighted by Crippen LogP contribution is 2.27. The Bertz CT molecular complexity index is 439. The molecule has 1 saturated carbocycles. The van der Waals surface area contributed by atoms with E-state index in [4.69, 9.17) is 5.73 Å². The van der Waals surface area contributed by atoms with Gasteiger partial charge < -0.3 is 11.1 Å². The second kappa shape index (κ2) is 8.40. The molecule has 1 amide bonds. The molecule has 118 valence electrons. The number of halogens is 1. The minimum absolute atomic E-state index is 0. The van der Waals surface area contributed by atoms with Gasteiger partial charge in [-0.2, -0.15) is 0 Å². The molecular formula is C17H27ClN2O. The molecule has 4 heteroatoms. The second-order valence-corrected chi connectivity index (χ2v) is 6.26. The van der Waals surface area contributed by atoms with Crippen LogP contribution >= 0.6 is 12.4 Å². The third-order valence-corrected chi connectivity index (χ3v) is 4.42. The van der Waals surface area contributed by atoms with Gasteiger partial charge in [0, 0.05) is 6.54 Å². The van der Waals surface area contributed by atoms with Gasteiger partial charge in [-0.25, -0.2) is 0 Å². The van der Waals surface area contributed by atoms with E-state index in [0.29, 0.717) is 5.92 Å². The zero-order valence-electron chi connectivity index (χ0n) is 13.0. The maximum atomic E-state index is 12.1. The van der Waals surface area contributed by atoms with E-state index in [0.717, 1.165) is 18.0 Å². The number of aryl methyl sites for hydroxylation is 1. The first kappa shape index (κ1) is 18.0. The van der Waals surface area contributed by atoms with Crippen LogP contribution in [0.15, 0.2) is 24.3 Å². The van der Waals surface area contributed by atoms with Crippen LogP contribution in [0, 0.1) is 18.8 Å². The van der Waals surface area contributed by atoms with E-state index in [1.807, 2.05) is 31.2 Å². The number of nitrogens with two attached hydrogens (primary N) is 1. The van der Waals surface area contributed by atoms with Crippen LogP contribution in [-0.4, -0.2) is 12.5 Å². The Hall–Kier alpha value is -1.06. The molecule has 1 fully saturated rings. The van der Waals surface area contributed by atoms with Crippen LogP contribution in [0.5, 0.6) is 0 Å². The van der Waals surface area contributed by atoms with Crippen molar-refractivity contribution in [3.63, 3.8) is 0 Å². The number of amides is 1. The lowest BCUT2D eigenvalue weighted by molar-refractivity contribution is -0.122. The molecule has 0 aliphatic heterocycles. The van der Waals surface area contributed by atoms with Gasteiger partial charge in [-0.3, -0.25) is 4.79 Å². The van der Waals surface area contributed by atoms with Gasteiger partial charge >= 0.3 is 0 Å². The van der Waals surface area contributed by atoms with E-state index < -0.39 is 6.04 Å². The Morgan fingerprint density at radius 1 is 1.24 bits per heavy atom. The summed E-state index contributed by atoms with van der Waals surface area (Å²) in [6.07, 6.45) is 5.01. The smallest absolute Gasteiger partial charge is 0.241 e. The van der Waals surface area contributed by atoms with Crippen LogP contribution in [0.4, 0.5) is 0 Å². The molecule has 0 radical (unpaired) electrons. The molecule has 0 aromatic heterocycles. The standard InChI is InChI=1S/C17H26N2O.ClH/c1-12-3-7-14(8-4-12)11-19-17(20)16(18)15-9-5-13(2)6-10-15;/h5-6,9-10,12,14,16H,3-4,7-8,11,18H2,1-2H3,(H,19,20);1H. The maximum Gasteiger partial charge on any atom is 0.241 e. The van der Waals surface area contributed by atoms with Crippen LogP contribution in [0.3, 0.4) is 0 Å². The monoisotopic (exact) mass is 310 g/mol. The van der Waals surface area contributed by atoms with Gasteiger partial charge in [-0.1, -0.05) is 49.6 Å². The molecule has 3 nitrogen and oxygen atoms in total. The van der Waals surface area contributed by atoms with Gasteiger partial charge in [0.15, 0.2) is 0 Å². The molecule has 1 aromatic carbocycles. The van der Waals surface area contributed by atoms with Gasteiger partial charge in [0.05, 0.1) is 0 Å². The van der Waals surface area contributed by atoms with Crippen molar-refractivity contribution in [3.8, 4) is 0 Å². The van der Waals surface area contributed by atoms with Crippen LogP contribution in [-0.2, 0) is 4.79 Å². The molecule has 3 N–H and O–H groups in total. The maximum absolute atomic E-state index is 12.1. The van der Waals surface area contributed by atoms with Crippen molar-refractivity contribution < 1.29 is 4.79 Å². The summed E-state index contributed by atoms with van der Waals surface area (Å²) in [5.74, 6) is 1.41. The Kier molecular flexibility index (Phi) is 7.20. The van der Waals surface area contributed by atoms with Gasteiger partial charge in [0.2, 0.25) is 5.91 Å². The molecule has 1 aliphatic rings. The van der Waals surface area contributed by atoms with Gasteiger partial charge in [-0.15, -0.1) is 12.4 Å². The van der Waals surface area contributed by atoms with Crippen molar-refractivity contribution in [3.05, 3.63) is 35.4 Å². The minimum Gasteiger partial charge on any atom is -0.354 e. The molecule has 1 unspecified atom stereocenters. The van der Waals surface area contributed by atoms with Crippen LogP contribution < -0.4 is 11.1 Å². The Labute approximate surface area is 134 Å². The first-order valence-corrected chi connectivity index (χ1v) is 7.66. The van der Waals surface area contributed by atoms with Crippen molar-refractivity contribution in [1.82, 2.24) is 5.32 Å². The normalized spacial score (nSPS) is 23.0. The van der Waals surface area contributed by atoms with Crippen LogP contribution in [0.1, 0.15) is 49.8 Å². The predicted molar refractivity (Wildman–Crippen MR) is 89.5 cm³/mol. The lowest BCUT2D eigenvalue weighted by Gasteiger charge is -2.26. The number of hydrogen-bond acceptors (Lipinski definition) is 2. The number of carbonyl (C=O) groups excluding carboxylic acids is 1. The molecule has 1 aliphatic carbocycles. The van der Waals surface area contributed by atoms with Gasteiger partial charge in [0.25, 0.3) is 0 Å². The second-order valence-electron chi connectivity index (χ2n) is 6.26. The summed E-state index contributed by atoms with van der Waals surface area (Å²) < 4.78 is 0. The third kappa shape index (κ3) is 5.33. The van der Waals surface area contributed by atoms with E-state index in [9.17, 15) is 4.79 Å². The predicted octanol–water partition coefficient (Wildman–Crippen LogP) is 3.36. The average molecular weight is 311 g/mol. The fourth-order valence-corrected chi connectivity index (χ4v) is 2.81. The highest BCUT2D eigenvalue weighted by molar-refractivity contribution is 5.85. The topological polar surface area (TPSA) is 55.1 Å². The third-order valence-electron chi connectivity index (χ3n) is 4.42. The molecule has 1 atom stereocenters. The fourth-order valence-electron chi connectivity index (χ4n) is 2.81. The summed E-state index contributed by atoms with van der Waals surface area (Å²) in [5.41, 5.74) is 8.07. The van der Waals surface area contributed by atoms with E-state index in [1.54, 1.807) is 0 Å². The number of rotatable bonds is 4. The molecule has 0 bridgehead atoms. The zero-order valence-corrected chi connectivity index (χ0v) is 13.8. The van der Waals surface area contributed by atoms with Crippen molar-refractivity contribution >= 4 is 18.3 Å². The molecule has 0 heterocycles. The first-order chi connectivity index (χ1) is 9.56. The molecule has 1 aromatic rings. The largest absolute Gasteiger partial charge is 0.354 e. The Morgan fingerprint density at radius 3 is 2.38 bits per heavy atom. The Balaban J connectivity index is 0.00000220. The highest BCUT2D eigenvalue weighted by Gasteiger charge is 2.20. The van der Waals surface area contributed by atoms with E-state index in [-0.39, 0.29) is 18.3 Å². The summed E-state index contributed by atoms with van der Waals surface area (Å²) in [4.78, 5) is 12.1. The summed E-state index contributed by atoms with van der Waals surface area (Å²) in [6, 6.07) is 7.29. The molecule has 2 rings (SSSR count). The SMILES string of the molecule is Cc1ccc(C(N)C(=O)NCC2CCC(C)CC2)cc1.Cl. The highest BCUT2D eigenvalue weighted by atomic mass is 35.5. The Morgan fingerprint density at radius 2 is 1.81 bits per heavy atom. The number of benzene rings is 1. The minimum atomic E-state index is -0.557. The first-order valence-electron chi connectivity index (χ1n) is 7.66. The quantitative estimate of drug-likeness (QED) is 0.896. The number of carbonyl (C=O) groups is 1. The summed E-state index contributed by atoms with van der Waals surface area (Å²) in [6.45, 7) is 5.10. The van der Waals surface area contributed by atoms with Gasteiger partial charge in [0.1, 0.15) is 6.04 Å². The lowest BCUT2D eigenvalue weighted by Crippen LogP contribution is -2.37. The van der Waals surface area contributed by atoms with Crippen molar-refractivity contribution in [2.75, 3.05) is 6.54 Å². The number of nitrogens with one attached hydrogen (secondary N) is 1. The van der Waals surface area contributed by atoms with Crippen LogP contribution in [0.25, 0.3) is 0 Å². The summed E-state index contributed by atoms with van der Waals surface area (Å²) in [5, 5.41) is 3.02. The zero-order chi connectivity index (χ0) is 14.5. The van der Waals surface area contributed by atoms with E-state index in [2.05, 4.69) is 12.2 Å².